The van der Waals surface area contributed by atoms with Crippen molar-refractivity contribution in [3.63, 3.8) is 0 Å². The van der Waals surface area contributed by atoms with Crippen LogP contribution in [0.15, 0.2) is 23.1 Å². The zero-order valence-electron chi connectivity index (χ0n) is 19.6. The van der Waals surface area contributed by atoms with E-state index in [1.54, 1.807) is 13.1 Å². The minimum Gasteiger partial charge on any atom is -0.354 e. The Morgan fingerprint density at radius 3 is 2.38 bits per heavy atom. The molecule has 2 saturated heterocycles. The number of aromatic amines is 1. The van der Waals surface area contributed by atoms with Gasteiger partial charge in [0.1, 0.15) is 11.6 Å². The summed E-state index contributed by atoms with van der Waals surface area (Å²) in [5, 5.41) is 0. The molecular weight excluding hydrogens is 404 g/mol. The Kier molecular flexibility index (Phi) is 6.60. The van der Waals surface area contributed by atoms with Crippen molar-refractivity contribution in [2.45, 2.75) is 34.1 Å². The number of nitrogens with one attached hydrogen (secondary N) is 1. The van der Waals surface area contributed by atoms with Gasteiger partial charge in [0.25, 0.3) is 5.56 Å². The van der Waals surface area contributed by atoms with Crippen LogP contribution in [-0.2, 0) is 4.79 Å². The molecule has 1 N–H and O–H groups in total. The molecule has 8 heteroatoms. The Labute approximate surface area is 189 Å². The number of nitrogens with zero attached hydrogens (tertiary/aromatic N) is 5. The second-order valence-corrected chi connectivity index (χ2v) is 9.54. The normalized spacial score (nSPS) is 22.2. The Balaban J connectivity index is 1.32. The maximum absolute atomic E-state index is 12.8. The van der Waals surface area contributed by atoms with Crippen LogP contribution in [0.3, 0.4) is 0 Å². The number of carbonyl (C=O) groups is 1. The summed E-state index contributed by atoms with van der Waals surface area (Å²) in [7, 11) is 0. The third-order valence-corrected chi connectivity index (χ3v) is 6.69. The predicted octanol–water partition coefficient (Wildman–Crippen LogP) is 2.08. The zero-order chi connectivity index (χ0) is 22.8. The van der Waals surface area contributed by atoms with Crippen molar-refractivity contribution < 1.29 is 4.79 Å². The van der Waals surface area contributed by atoms with Crippen LogP contribution in [0.2, 0.25) is 0 Å². The molecular formula is C24H34N6O2. The maximum atomic E-state index is 12.8. The number of hydrogen-bond acceptors (Lipinski definition) is 6. The number of anilines is 1. The van der Waals surface area contributed by atoms with E-state index in [1.165, 1.54) is 6.42 Å². The van der Waals surface area contributed by atoms with Gasteiger partial charge < -0.3 is 14.8 Å². The van der Waals surface area contributed by atoms with Crippen LogP contribution in [0.5, 0.6) is 0 Å². The van der Waals surface area contributed by atoms with E-state index in [0.717, 1.165) is 56.3 Å². The summed E-state index contributed by atoms with van der Waals surface area (Å²) in [6, 6.07) is 3.92. The highest BCUT2D eigenvalue weighted by atomic mass is 16.2. The van der Waals surface area contributed by atoms with Crippen molar-refractivity contribution in [3.8, 4) is 11.4 Å². The number of aryl methyl sites for hydroxylation is 1. The second-order valence-electron chi connectivity index (χ2n) is 9.54. The maximum Gasteiger partial charge on any atom is 0.254 e. The smallest absolute Gasteiger partial charge is 0.254 e. The van der Waals surface area contributed by atoms with E-state index in [0.29, 0.717) is 29.8 Å². The van der Waals surface area contributed by atoms with Crippen molar-refractivity contribution in [1.29, 1.82) is 0 Å². The van der Waals surface area contributed by atoms with Crippen molar-refractivity contribution in [1.82, 2.24) is 24.8 Å². The Bertz CT molecular complexity index is 1000. The number of pyridine rings is 1. The lowest BCUT2D eigenvalue weighted by atomic mass is 9.92. The quantitative estimate of drug-likeness (QED) is 0.787. The average Bonchev–Trinajstić information content (AvgIpc) is 2.77. The largest absolute Gasteiger partial charge is 0.354 e. The molecule has 172 valence electrons. The minimum atomic E-state index is -0.115. The number of piperidine rings is 1. The van der Waals surface area contributed by atoms with E-state index in [9.17, 15) is 9.59 Å². The molecule has 2 aliphatic heterocycles. The fourth-order valence-corrected chi connectivity index (χ4v) is 4.79. The molecule has 2 aromatic heterocycles. The molecule has 0 saturated carbocycles. The zero-order valence-corrected chi connectivity index (χ0v) is 19.6. The van der Waals surface area contributed by atoms with Crippen LogP contribution < -0.4 is 10.5 Å². The molecule has 4 rings (SSSR count). The molecule has 0 aliphatic carbocycles. The molecule has 2 fully saturated rings. The molecule has 1 amide bonds. The Hall–Kier alpha value is -2.74. The van der Waals surface area contributed by atoms with Crippen LogP contribution in [0, 0.1) is 25.7 Å². The van der Waals surface area contributed by atoms with Crippen molar-refractivity contribution in [2.24, 2.45) is 11.8 Å². The van der Waals surface area contributed by atoms with Gasteiger partial charge >= 0.3 is 0 Å². The van der Waals surface area contributed by atoms with E-state index >= 15 is 0 Å². The first-order valence-electron chi connectivity index (χ1n) is 11.6. The first kappa shape index (κ1) is 22.5. The number of amides is 1. The van der Waals surface area contributed by atoms with Gasteiger partial charge in [-0.2, -0.15) is 0 Å². The Morgan fingerprint density at radius 2 is 1.78 bits per heavy atom. The minimum absolute atomic E-state index is 0.115. The third kappa shape index (κ3) is 5.01. The predicted molar refractivity (Wildman–Crippen MR) is 126 cm³/mol. The van der Waals surface area contributed by atoms with Gasteiger partial charge in [-0.3, -0.25) is 14.5 Å². The van der Waals surface area contributed by atoms with Crippen LogP contribution in [0.1, 0.15) is 31.5 Å². The van der Waals surface area contributed by atoms with Gasteiger partial charge in [0.2, 0.25) is 5.91 Å². The monoisotopic (exact) mass is 438 g/mol. The number of carbonyl (C=O) groups excluding carboxylic acids is 1. The Morgan fingerprint density at radius 1 is 1.09 bits per heavy atom. The summed E-state index contributed by atoms with van der Waals surface area (Å²) in [5.74, 6) is 2.89. The number of rotatable bonds is 4. The van der Waals surface area contributed by atoms with Gasteiger partial charge in [0.05, 0.1) is 6.54 Å². The summed E-state index contributed by atoms with van der Waals surface area (Å²) < 4.78 is 0. The summed E-state index contributed by atoms with van der Waals surface area (Å²) >= 11 is 0. The number of hydrogen-bond donors (Lipinski definition) is 1. The van der Waals surface area contributed by atoms with E-state index in [4.69, 9.17) is 0 Å². The van der Waals surface area contributed by atoms with Crippen LogP contribution in [0.25, 0.3) is 11.4 Å². The van der Waals surface area contributed by atoms with E-state index in [2.05, 4.69) is 43.5 Å². The summed E-state index contributed by atoms with van der Waals surface area (Å²) in [5.41, 5.74) is 2.05. The van der Waals surface area contributed by atoms with Crippen LogP contribution in [-0.4, -0.2) is 76.5 Å². The molecule has 4 heterocycles. The number of piperazine rings is 1. The molecule has 0 aromatic carbocycles. The number of H-pyrrole nitrogens is 1. The van der Waals surface area contributed by atoms with E-state index in [-0.39, 0.29) is 11.5 Å². The standard InChI is InChI=1S/C24H34N6O2/c1-16-11-17(2)14-30(13-16)22(31)15-28-7-9-29(10-8-28)21-6-5-20(12-25-21)23-26-19(4)18(3)24(32)27-23/h5-6,12,16-17H,7-11,13-15H2,1-4H3,(H,26,27,32). The van der Waals surface area contributed by atoms with Gasteiger partial charge in [-0.05, 0) is 44.2 Å². The van der Waals surface area contributed by atoms with Crippen LogP contribution >= 0.6 is 0 Å². The molecule has 0 bridgehead atoms. The molecule has 2 aliphatic rings. The van der Waals surface area contributed by atoms with Gasteiger partial charge in [0, 0.05) is 62.3 Å². The van der Waals surface area contributed by atoms with Crippen molar-refractivity contribution in [3.05, 3.63) is 39.9 Å². The van der Waals surface area contributed by atoms with Gasteiger partial charge in [-0.15, -0.1) is 0 Å². The molecule has 2 unspecified atom stereocenters. The van der Waals surface area contributed by atoms with E-state index in [1.807, 2.05) is 19.1 Å². The lowest BCUT2D eigenvalue weighted by Gasteiger charge is -2.38. The van der Waals surface area contributed by atoms with E-state index < -0.39 is 0 Å². The fourth-order valence-electron chi connectivity index (χ4n) is 4.79. The highest BCUT2D eigenvalue weighted by molar-refractivity contribution is 5.78. The summed E-state index contributed by atoms with van der Waals surface area (Å²) in [4.78, 5) is 43.3. The van der Waals surface area contributed by atoms with Crippen LogP contribution in [0.4, 0.5) is 5.82 Å². The number of aromatic nitrogens is 3. The molecule has 32 heavy (non-hydrogen) atoms. The SMILES string of the molecule is Cc1nc(-c2ccc(N3CCN(CC(=O)N4CC(C)CC(C)C4)CC3)nc2)[nH]c(=O)c1C. The average molecular weight is 439 g/mol. The molecule has 2 atom stereocenters. The lowest BCUT2D eigenvalue weighted by Crippen LogP contribution is -2.52. The highest BCUT2D eigenvalue weighted by Crippen LogP contribution is 2.22. The molecule has 0 radical (unpaired) electrons. The second kappa shape index (κ2) is 9.40. The highest BCUT2D eigenvalue weighted by Gasteiger charge is 2.27. The summed E-state index contributed by atoms with van der Waals surface area (Å²) in [6.07, 6.45) is 2.97. The number of likely N-dealkylation sites (tertiary alicyclic amines) is 1. The molecule has 2 aromatic rings. The first-order valence-corrected chi connectivity index (χ1v) is 11.6. The van der Waals surface area contributed by atoms with Gasteiger partial charge in [-0.25, -0.2) is 9.97 Å². The van der Waals surface area contributed by atoms with Crippen molar-refractivity contribution >= 4 is 11.7 Å². The third-order valence-electron chi connectivity index (χ3n) is 6.69. The fraction of sp³-hybridized carbons (Fsp3) is 0.583. The lowest BCUT2D eigenvalue weighted by molar-refractivity contribution is -0.135. The molecule has 0 spiro atoms. The molecule has 8 nitrogen and oxygen atoms in total. The van der Waals surface area contributed by atoms with Gasteiger partial charge in [0.15, 0.2) is 0 Å². The first-order chi connectivity index (χ1) is 15.3. The van der Waals surface area contributed by atoms with Crippen molar-refractivity contribution in [2.75, 3.05) is 50.7 Å². The van der Waals surface area contributed by atoms with Gasteiger partial charge in [-0.1, -0.05) is 13.8 Å². The summed E-state index contributed by atoms with van der Waals surface area (Å²) in [6.45, 7) is 13.7. The topological polar surface area (TPSA) is 85.4 Å².